The van der Waals surface area contributed by atoms with E-state index in [-0.39, 0.29) is 27.1 Å². The summed E-state index contributed by atoms with van der Waals surface area (Å²) in [6.07, 6.45) is 20.8. The number of fused-ring (bicyclic) bond motifs is 14. The van der Waals surface area contributed by atoms with E-state index in [9.17, 15) is 0 Å². The van der Waals surface area contributed by atoms with Crippen molar-refractivity contribution in [2.75, 3.05) is 0 Å². The average molecular weight is 1760 g/mol. The van der Waals surface area contributed by atoms with Crippen LogP contribution in [0.25, 0.3) is 153 Å². The Kier molecular flexibility index (Phi) is 25.3. The van der Waals surface area contributed by atoms with Gasteiger partial charge in [0.15, 0.2) is 24.8 Å². The zero-order chi connectivity index (χ0) is 95.5. The van der Waals surface area contributed by atoms with E-state index in [2.05, 4.69) is 440 Å². The van der Waals surface area contributed by atoms with Gasteiger partial charge in [-0.1, -0.05) is 214 Å². The molecule has 8 aromatic heterocycles. The molecule has 19 rings (SSSR count). The van der Waals surface area contributed by atoms with Crippen LogP contribution in [0.1, 0.15) is 239 Å². The molecule has 1 aliphatic carbocycles. The van der Waals surface area contributed by atoms with Crippen molar-refractivity contribution in [3.63, 3.8) is 0 Å². The summed E-state index contributed by atoms with van der Waals surface area (Å²) in [5, 5.41) is 26.2. The number of aromatic nitrogens is 8. The van der Waals surface area contributed by atoms with E-state index in [1.807, 2.05) is 12.4 Å². The lowest BCUT2D eigenvalue weighted by Gasteiger charge is -2.34. The van der Waals surface area contributed by atoms with Crippen LogP contribution in [-0.4, -0.2) is 19.9 Å². The first-order valence-corrected chi connectivity index (χ1v) is 48.7. The van der Waals surface area contributed by atoms with Gasteiger partial charge in [0.25, 0.3) is 0 Å². The first-order chi connectivity index (χ1) is 62.6. The highest BCUT2D eigenvalue weighted by Gasteiger charge is 2.34. The van der Waals surface area contributed by atoms with Gasteiger partial charge < -0.3 is 0 Å². The predicted octanol–water partition coefficient (Wildman–Crippen LogP) is 31.0. The van der Waals surface area contributed by atoms with Crippen molar-refractivity contribution in [3.05, 3.63) is 309 Å². The fraction of sp³-hybridized carbons (Fsp3) is 0.360. The maximum Gasteiger partial charge on any atom is 0.220 e. The monoisotopic (exact) mass is 1760 g/mol. The Balaban J connectivity index is 0.000000130. The molecule has 0 bridgehead atoms. The molecule has 0 N–H and O–H groups in total. The van der Waals surface area contributed by atoms with Gasteiger partial charge >= 0.3 is 0 Å². The van der Waals surface area contributed by atoms with Crippen molar-refractivity contribution in [2.45, 2.75) is 249 Å². The van der Waals surface area contributed by atoms with Crippen LogP contribution in [0.4, 0.5) is 0 Å². The van der Waals surface area contributed by atoms with Crippen LogP contribution in [0.3, 0.4) is 0 Å². The third-order valence-corrected chi connectivity index (χ3v) is 28.6. The van der Waals surface area contributed by atoms with E-state index >= 15 is 0 Å². The lowest BCUT2D eigenvalue weighted by molar-refractivity contribution is -0.659. The lowest BCUT2D eigenvalue weighted by Crippen LogP contribution is -2.31. The maximum absolute atomic E-state index is 4.97. The Bertz CT molecular complexity index is 7680. The summed E-state index contributed by atoms with van der Waals surface area (Å²) in [7, 11) is 8.66. The second kappa shape index (κ2) is 35.8. The van der Waals surface area contributed by atoms with E-state index in [0.717, 1.165) is 30.7 Å². The molecule has 18 aromatic rings. The topological polar surface area (TPSA) is 67.1 Å². The van der Waals surface area contributed by atoms with Crippen molar-refractivity contribution < 1.29 is 18.3 Å². The number of hydrogen-bond donors (Lipinski definition) is 0. The van der Waals surface area contributed by atoms with Crippen molar-refractivity contribution in [1.29, 1.82) is 0 Å². The van der Waals surface area contributed by atoms with Crippen molar-refractivity contribution in [2.24, 2.45) is 49.9 Å². The highest BCUT2D eigenvalue weighted by Crippen LogP contribution is 2.48. The molecule has 0 aliphatic heterocycles. The first-order valence-electron chi connectivity index (χ1n) is 48.7. The van der Waals surface area contributed by atoms with Gasteiger partial charge in [0.05, 0.1) is 49.5 Å². The van der Waals surface area contributed by atoms with Gasteiger partial charge in [0.1, 0.15) is 28.2 Å². The summed E-state index contributed by atoms with van der Waals surface area (Å²) in [5.41, 5.74) is 32.1. The minimum Gasteiger partial charge on any atom is -0.261 e. The van der Waals surface area contributed by atoms with E-state index in [1.165, 1.54) is 257 Å². The normalized spacial score (nSPS) is 13.5. The number of pyridine rings is 8. The fourth-order valence-corrected chi connectivity index (χ4v) is 21.7. The highest BCUT2D eigenvalue weighted by molar-refractivity contribution is 6.16. The molecule has 0 unspecified atom stereocenters. The van der Waals surface area contributed by atoms with Gasteiger partial charge in [0.2, 0.25) is 22.8 Å². The summed E-state index contributed by atoms with van der Waals surface area (Å²) >= 11 is 0. The van der Waals surface area contributed by atoms with Gasteiger partial charge in [-0.2, -0.15) is 0 Å². The van der Waals surface area contributed by atoms with Crippen LogP contribution >= 0.6 is 0 Å². The number of aryl methyl sites for hydroxylation is 12. The molecule has 1 saturated carbocycles. The van der Waals surface area contributed by atoms with Gasteiger partial charge in [-0.25, -0.2) is 18.3 Å². The summed E-state index contributed by atoms with van der Waals surface area (Å²) in [4.78, 5) is 19.6. The van der Waals surface area contributed by atoms with E-state index in [1.54, 1.807) is 0 Å². The smallest absolute Gasteiger partial charge is 0.220 e. The van der Waals surface area contributed by atoms with Gasteiger partial charge in [-0.05, 0) is 307 Å². The Morgan fingerprint density at radius 3 is 0.955 bits per heavy atom. The van der Waals surface area contributed by atoms with E-state index in [4.69, 9.17) is 19.9 Å². The van der Waals surface area contributed by atoms with Crippen LogP contribution in [0.5, 0.6) is 0 Å². The molecule has 133 heavy (non-hydrogen) atoms. The molecule has 680 valence electrons. The van der Waals surface area contributed by atoms with Crippen LogP contribution in [0.2, 0.25) is 0 Å². The average Bonchev–Trinajstić information content (AvgIpc) is 0.751. The predicted molar refractivity (Wildman–Crippen MR) is 568 cm³/mol. The van der Waals surface area contributed by atoms with Gasteiger partial charge in [0, 0.05) is 114 Å². The molecular weight excluding hydrogens is 1610 g/mol. The summed E-state index contributed by atoms with van der Waals surface area (Å²) in [6, 6.07) is 68.3. The van der Waals surface area contributed by atoms with Gasteiger partial charge in [-0.15, -0.1) is 0 Å². The molecule has 0 saturated heterocycles. The summed E-state index contributed by atoms with van der Waals surface area (Å²) < 4.78 is 9.12. The number of nitrogens with zero attached hydrogens (tertiary/aromatic N) is 8. The van der Waals surface area contributed by atoms with E-state index in [0.29, 0.717) is 11.3 Å². The highest BCUT2D eigenvalue weighted by atomic mass is 14.9. The molecule has 0 spiro atoms. The van der Waals surface area contributed by atoms with Crippen LogP contribution in [0.15, 0.2) is 219 Å². The largest absolute Gasteiger partial charge is 0.261 e. The Morgan fingerprint density at radius 2 is 0.594 bits per heavy atom. The minimum atomic E-state index is 0.0442. The van der Waals surface area contributed by atoms with Crippen LogP contribution < -0.4 is 18.3 Å². The van der Waals surface area contributed by atoms with Crippen molar-refractivity contribution >= 4 is 108 Å². The first kappa shape index (κ1) is 94.2. The Hall–Kier alpha value is -12.0. The second-order valence-electron chi connectivity index (χ2n) is 45.9. The molecule has 0 radical (unpaired) electrons. The SMILES string of the molecule is Cc1c(-c2c3ccc4c(C5CCC(C)(C)CC5)nccc4c3cc[n+]2C)cc(C(C)(C)C)c2ccccc12.Cc1cc(C)c(C)c(-c2c3ccc4c(CC(C)(C)C)nc(C)cc4c3cc[n+]2C)c1.Cc1cc(C)c(C)c(-c2c3ccc4c(CC(C)(C)C)nccc4c3cc[n+]2C)c1.Cc1cc2c(ccc3c(-c4cc(C(C)(C)C)c5ccccc5c4C)[n+](C)ccc32)c(CC(C)(C)C)n1. The van der Waals surface area contributed by atoms with Gasteiger partial charge in [-0.3, -0.25) is 19.9 Å². The molecule has 8 heterocycles. The standard InChI is InChI=1S/C36H41N2.C34H39N2.C28H33N2.C27H31N2/c1-23-25-10-8-9-11-28(25)32(35(2,3)4)22-31(23)34-30-13-12-29-26(27(30)17-21-38(34)7)16-20-37-33(29)24-14-18-36(5,6)19-15-24;1-21-18-29-24-16-17-36(9)32(27(24)15-14-26(29)31(35-21)20-33(3,4)5)28-19-30(34(6,7)8)25-13-11-10-12-23(25)22(28)2;1-17-13-18(2)20(4)24(14-17)27-23-10-9-22-25(21(23)11-12-30(27)8)15-19(3)29-26(22)16-28(5,6)7;1-17-14-18(2)19(3)24(15-17)26-23-9-8-22-20(21(23)11-13-29(26)7)10-12-28-25(22)16-27(4,5)6/h8-13,16-17,20-22,24H,14-15,18-19H2,1-7H3;10-19H,20H2,1-9H3;9-15H,16H2,1-8H3;8-15H,16H2,1-7H3/q4*+1. The molecule has 0 amide bonds. The summed E-state index contributed by atoms with van der Waals surface area (Å²) in [5.74, 6) is 0.556. The van der Waals surface area contributed by atoms with Crippen molar-refractivity contribution in [3.8, 4) is 45.0 Å². The number of hydrogen-bond acceptors (Lipinski definition) is 4. The van der Waals surface area contributed by atoms with Crippen LogP contribution in [-0.2, 0) is 58.3 Å². The second-order valence-corrected chi connectivity index (χ2v) is 45.9. The lowest BCUT2D eigenvalue weighted by atomic mass is 9.72. The molecule has 1 fully saturated rings. The third-order valence-electron chi connectivity index (χ3n) is 28.6. The Morgan fingerprint density at radius 1 is 0.293 bits per heavy atom. The fourth-order valence-electron chi connectivity index (χ4n) is 21.7. The molecule has 8 nitrogen and oxygen atoms in total. The number of rotatable bonds is 8. The molecule has 1 aliphatic rings. The molecule has 8 heteroatoms. The number of benzene rings is 10. The molecule has 0 atom stereocenters. The zero-order valence-corrected chi connectivity index (χ0v) is 85.9. The maximum atomic E-state index is 4.97. The zero-order valence-electron chi connectivity index (χ0n) is 85.9. The third kappa shape index (κ3) is 18.9. The van der Waals surface area contributed by atoms with E-state index < -0.39 is 0 Å². The molecule has 10 aromatic carbocycles. The molecular formula is C125H144N8+4. The Labute approximate surface area is 793 Å². The minimum absolute atomic E-state index is 0.0442. The quantitative estimate of drug-likeness (QED) is 0.112. The van der Waals surface area contributed by atoms with Crippen molar-refractivity contribution in [1.82, 2.24) is 19.9 Å². The summed E-state index contributed by atoms with van der Waals surface area (Å²) in [6.45, 7) is 61.3. The van der Waals surface area contributed by atoms with Crippen LogP contribution in [0, 0.1) is 90.9 Å².